The monoisotopic (exact) mass is 648 g/mol. The third-order valence-electron chi connectivity index (χ3n) is 8.07. The highest BCUT2D eigenvalue weighted by atomic mass is 32.2. The van der Waals surface area contributed by atoms with Crippen molar-refractivity contribution in [2.45, 2.75) is 9.79 Å². The molecule has 0 atom stereocenters. The first-order chi connectivity index (χ1) is 24.3. The van der Waals surface area contributed by atoms with Crippen LogP contribution < -0.4 is 0 Å². The van der Waals surface area contributed by atoms with Gasteiger partial charge in [-0.2, -0.15) is 0 Å². The van der Waals surface area contributed by atoms with Crippen LogP contribution in [0, 0.1) is 0 Å². The predicted molar refractivity (Wildman–Crippen MR) is 196 cm³/mol. The molecule has 0 spiro atoms. The van der Waals surface area contributed by atoms with Crippen LogP contribution in [0.4, 0.5) is 0 Å². The molecule has 6 aromatic carbocycles. The van der Waals surface area contributed by atoms with Gasteiger partial charge in [0.1, 0.15) is 12.7 Å². The fourth-order valence-electron chi connectivity index (χ4n) is 5.68. The van der Waals surface area contributed by atoms with Gasteiger partial charge >= 0.3 is 0 Å². The topological polar surface area (TPSA) is 77.3 Å². The van der Waals surface area contributed by atoms with Crippen LogP contribution in [0.5, 0.6) is 0 Å². The van der Waals surface area contributed by atoms with Crippen molar-refractivity contribution < 1.29 is 0 Å². The summed E-state index contributed by atoms with van der Waals surface area (Å²) in [6, 6.07) is 53.7. The van der Waals surface area contributed by atoms with Gasteiger partial charge in [0.2, 0.25) is 0 Å². The number of nitrogens with zero attached hydrogens (tertiary/aromatic N) is 6. The van der Waals surface area contributed by atoms with E-state index in [0.29, 0.717) is 23.3 Å². The predicted octanol–water partition coefficient (Wildman–Crippen LogP) is 10.2. The summed E-state index contributed by atoms with van der Waals surface area (Å²) in [5.74, 6) is 2.58. The van der Waals surface area contributed by atoms with Gasteiger partial charge in [0.05, 0.1) is 0 Å². The second kappa shape index (κ2) is 13.8. The Morgan fingerprint density at radius 1 is 0.306 bits per heavy atom. The van der Waals surface area contributed by atoms with E-state index in [1.165, 1.54) is 0 Å². The lowest BCUT2D eigenvalue weighted by molar-refractivity contribution is 1.06. The number of hydrogen-bond donors (Lipinski definition) is 0. The molecule has 7 heteroatoms. The van der Waals surface area contributed by atoms with Crippen molar-refractivity contribution in [3.05, 3.63) is 170 Å². The van der Waals surface area contributed by atoms with Gasteiger partial charge in [-0.3, -0.25) is 0 Å². The van der Waals surface area contributed by atoms with E-state index in [1.807, 2.05) is 72.8 Å². The van der Waals surface area contributed by atoms with E-state index in [1.54, 1.807) is 24.4 Å². The zero-order valence-electron chi connectivity index (χ0n) is 26.3. The van der Waals surface area contributed by atoms with E-state index in [9.17, 15) is 0 Å². The molecule has 0 saturated carbocycles. The van der Waals surface area contributed by atoms with Crippen LogP contribution in [0.3, 0.4) is 0 Å². The van der Waals surface area contributed by atoms with Gasteiger partial charge in [0.15, 0.2) is 23.3 Å². The van der Waals surface area contributed by atoms with Crippen molar-refractivity contribution in [3.63, 3.8) is 0 Å². The summed E-state index contributed by atoms with van der Waals surface area (Å²) in [6.45, 7) is 0. The van der Waals surface area contributed by atoms with Crippen LogP contribution in [0.25, 0.3) is 67.8 Å². The molecular formula is C42H28N6S. The molecule has 0 aliphatic carbocycles. The SMILES string of the molecule is c1ccc(-c2ncnc(-c3cccc(-c4ccccc4Sc4ccccc4-c4cccc(-c5ncnc(-c6ccccc6)n5)c4)c3)n2)cc1. The Balaban J connectivity index is 1.11. The normalized spacial score (nSPS) is 10.9. The fourth-order valence-corrected chi connectivity index (χ4v) is 6.80. The average Bonchev–Trinajstić information content (AvgIpc) is 3.19. The average molecular weight is 649 g/mol. The summed E-state index contributed by atoms with van der Waals surface area (Å²) in [5.41, 5.74) is 8.22. The highest BCUT2D eigenvalue weighted by Gasteiger charge is 2.14. The Labute approximate surface area is 288 Å². The van der Waals surface area contributed by atoms with Crippen molar-refractivity contribution in [1.82, 2.24) is 29.9 Å². The second-order valence-corrected chi connectivity index (χ2v) is 12.3. The quantitative estimate of drug-likeness (QED) is 0.162. The third kappa shape index (κ3) is 6.61. The fraction of sp³-hybridized carbons (Fsp3) is 0. The third-order valence-corrected chi connectivity index (χ3v) is 9.22. The molecule has 0 unspecified atom stereocenters. The lowest BCUT2D eigenvalue weighted by Gasteiger charge is -2.14. The van der Waals surface area contributed by atoms with Crippen LogP contribution in [0.2, 0.25) is 0 Å². The smallest absolute Gasteiger partial charge is 0.163 e. The highest BCUT2D eigenvalue weighted by Crippen LogP contribution is 2.41. The van der Waals surface area contributed by atoms with Gasteiger partial charge < -0.3 is 0 Å². The summed E-state index contributed by atoms with van der Waals surface area (Å²) < 4.78 is 0. The van der Waals surface area contributed by atoms with E-state index in [-0.39, 0.29) is 0 Å². The zero-order chi connectivity index (χ0) is 32.8. The number of rotatable bonds is 8. The molecule has 232 valence electrons. The summed E-state index contributed by atoms with van der Waals surface area (Å²) in [5, 5.41) is 0. The Bertz CT molecular complexity index is 2210. The van der Waals surface area contributed by atoms with Crippen molar-refractivity contribution >= 4 is 11.8 Å². The Morgan fingerprint density at radius 3 is 1.10 bits per heavy atom. The maximum absolute atomic E-state index is 4.79. The molecule has 0 N–H and O–H groups in total. The van der Waals surface area contributed by atoms with E-state index in [2.05, 4.69) is 105 Å². The molecule has 8 rings (SSSR count). The van der Waals surface area contributed by atoms with Crippen LogP contribution in [-0.4, -0.2) is 29.9 Å². The standard InChI is InChI=1S/C42H28N6S/c1-3-13-29(14-4-1)39-43-27-45-41(47-39)33-19-11-17-31(25-33)35-21-7-9-23-37(35)49-38-24-10-8-22-36(38)32-18-12-20-34(26-32)42-46-28-44-40(48-42)30-15-5-2-6-16-30/h1-28H. The lowest BCUT2D eigenvalue weighted by atomic mass is 10.0. The summed E-state index contributed by atoms with van der Waals surface area (Å²) in [7, 11) is 0. The van der Waals surface area contributed by atoms with Crippen LogP contribution in [0.15, 0.2) is 180 Å². The van der Waals surface area contributed by atoms with Gasteiger partial charge in [-0.1, -0.05) is 145 Å². The summed E-state index contributed by atoms with van der Waals surface area (Å²) >= 11 is 1.75. The Kier molecular flexibility index (Phi) is 8.47. The van der Waals surface area contributed by atoms with Crippen LogP contribution in [-0.2, 0) is 0 Å². The summed E-state index contributed by atoms with van der Waals surface area (Å²) in [4.78, 5) is 29.7. The van der Waals surface area contributed by atoms with Crippen LogP contribution in [0.1, 0.15) is 0 Å². The molecule has 0 bridgehead atoms. The molecule has 0 saturated heterocycles. The molecule has 8 aromatic rings. The number of aromatic nitrogens is 6. The number of hydrogen-bond acceptors (Lipinski definition) is 7. The Morgan fingerprint density at radius 2 is 0.653 bits per heavy atom. The first-order valence-electron chi connectivity index (χ1n) is 15.8. The van der Waals surface area contributed by atoms with Crippen molar-refractivity contribution in [2.75, 3.05) is 0 Å². The molecule has 2 aromatic heterocycles. The summed E-state index contributed by atoms with van der Waals surface area (Å²) in [6.07, 6.45) is 3.16. The molecule has 0 fully saturated rings. The van der Waals surface area contributed by atoms with Crippen LogP contribution >= 0.6 is 11.8 Å². The molecule has 0 aliphatic rings. The second-order valence-electron chi connectivity index (χ2n) is 11.3. The van der Waals surface area contributed by atoms with Crippen molar-refractivity contribution in [1.29, 1.82) is 0 Å². The van der Waals surface area contributed by atoms with Gasteiger partial charge in [0, 0.05) is 32.0 Å². The van der Waals surface area contributed by atoms with E-state index < -0.39 is 0 Å². The Hall–Kier alpha value is -6.31. The minimum atomic E-state index is 0.639. The molecule has 2 heterocycles. The van der Waals surface area contributed by atoms with E-state index >= 15 is 0 Å². The zero-order valence-corrected chi connectivity index (χ0v) is 27.1. The molecule has 49 heavy (non-hydrogen) atoms. The maximum atomic E-state index is 4.79. The highest BCUT2D eigenvalue weighted by molar-refractivity contribution is 7.99. The molecule has 6 nitrogen and oxygen atoms in total. The van der Waals surface area contributed by atoms with E-state index in [4.69, 9.17) is 9.97 Å². The van der Waals surface area contributed by atoms with Crippen molar-refractivity contribution in [2.24, 2.45) is 0 Å². The van der Waals surface area contributed by atoms with Gasteiger partial charge in [0.25, 0.3) is 0 Å². The first kappa shape index (κ1) is 30.1. The first-order valence-corrected chi connectivity index (χ1v) is 16.7. The van der Waals surface area contributed by atoms with Gasteiger partial charge in [-0.15, -0.1) is 0 Å². The molecule has 0 amide bonds. The minimum Gasteiger partial charge on any atom is -0.217 e. The lowest BCUT2D eigenvalue weighted by Crippen LogP contribution is -1.95. The minimum absolute atomic E-state index is 0.639. The number of benzene rings is 6. The molecule has 0 aliphatic heterocycles. The van der Waals surface area contributed by atoms with Crippen molar-refractivity contribution in [3.8, 4) is 67.8 Å². The van der Waals surface area contributed by atoms with Gasteiger partial charge in [-0.05, 0) is 46.5 Å². The van der Waals surface area contributed by atoms with E-state index in [0.717, 1.165) is 54.3 Å². The van der Waals surface area contributed by atoms with Gasteiger partial charge in [-0.25, -0.2) is 29.9 Å². The molecular weight excluding hydrogens is 621 g/mol. The molecule has 0 radical (unpaired) electrons. The largest absolute Gasteiger partial charge is 0.217 e. The maximum Gasteiger partial charge on any atom is 0.163 e.